The van der Waals surface area contributed by atoms with Gasteiger partial charge in [-0.15, -0.1) is 12.3 Å². The van der Waals surface area contributed by atoms with Crippen LogP contribution in [0.25, 0.3) is 0 Å². The number of hydrogen-bond donors (Lipinski definition) is 3. The SMILES string of the molecule is C#CCC(NC(=O)Nc1c(F)ccc(C)c1F)C(=O)O. The molecule has 1 atom stereocenters. The van der Waals surface area contributed by atoms with Crippen LogP contribution in [0.15, 0.2) is 12.1 Å². The molecule has 1 unspecified atom stereocenters. The van der Waals surface area contributed by atoms with E-state index in [2.05, 4.69) is 5.92 Å². The van der Waals surface area contributed by atoms with Gasteiger partial charge in [-0.1, -0.05) is 6.07 Å². The van der Waals surface area contributed by atoms with Gasteiger partial charge in [0.15, 0.2) is 5.82 Å². The van der Waals surface area contributed by atoms with Gasteiger partial charge in [-0.05, 0) is 18.6 Å². The lowest BCUT2D eigenvalue weighted by Gasteiger charge is -2.14. The first kappa shape index (κ1) is 15.4. The number of anilines is 1. The average Bonchev–Trinajstić information content (AvgIpc) is 2.38. The normalized spacial score (nSPS) is 11.3. The Kier molecular flexibility index (Phi) is 5.03. The summed E-state index contributed by atoms with van der Waals surface area (Å²) >= 11 is 0. The highest BCUT2D eigenvalue weighted by molar-refractivity contribution is 5.92. The largest absolute Gasteiger partial charge is 0.480 e. The third kappa shape index (κ3) is 3.68. The van der Waals surface area contributed by atoms with E-state index in [9.17, 15) is 18.4 Å². The van der Waals surface area contributed by atoms with Gasteiger partial charge >= 0.3 is 12.0 Å². The Morgan fingerprint density at radius 2 is 2.10 bits per heavy atom. The van der Waals surface area contributed by atoms with Crippen LogP contribution in [0.1, 0.15) is 12.0 Å². The van der Waals surface area contributed by atoms with Gasteiger partial charge in [0, 0.05) is 6.42 Å². The fourth-order valence-electron chi connectivity index (χ4n) is 1.40. The standard InChI is InChI=1S/C13H12F2N2O3/c1-3-4-9(12(18)19)16-13(20)17-11-8(14)6-5-7(2)10(11)15/h1,5-6,9H,4H2,2H3,(H,18,19)(H2,16,17,20). The maximum atomic E-state index is 13.6. The average molecular weight is 282 g/mol. The van der Waals surface area contributed by atoms with Crippen LogP contribution < -0.4 is 10.6 Å². The lowest BCUT2D eigenvalue weighted by atomic mass is 10.2. The molecule has 3 N–H and O–H groups in total. The Hall–Kier alpha value is -2.62. The van der Waals surface area contributed by atoms with Crippen molar-refractivity contribution in [3.05, 3.63) is 29.3 Å². The molecule has 7 heteroatoms. The van der Waals surface area contributed by atoms with E-state index in [1.807, 2.05) is 10.6 Å². The van der Waals surface area contributed by atoms with Crippen molar-refractivity contribution in [2.24, 2.45) is 0 Å². The Bertz CT molecular complexity index is 582. The fraction of sp³-hybridized carbons (Fsp3) is 0.231. The van der Waals surface area contributed by atoms with Gasteiger partial charge in [0.05, 0.1) is 0 Å². The number of benzene rings is 1. The smallest absolute Gasteiger partial charge is 0.327 e. The van der Waals surface area contributed by atoms with E-state index in [-0.39, 0.29) is 12.0 Å². The topological polar surface area (TPSA) is 78.4 Å². The van der Waals surface area contributed by atoms with Gasteiger partial charge in [0.2, 0.25) is 0 Å². The van der Waals surface area contributed by atoms with Crippen molar-refractivity contribution in [3.63, 3.8) is 0 Å². The number of amides is 2. The van der Waals surface area contributed by atoms with Gasteiger partial charge in [-0.2, -0.15) is 0 Å². The lowest BCUT2D eigenvalue weighted by Crippen LogP contribution is -2.43. The summed E-state index contributed by atoms with van der Waals surface area (Å²) in [5.74, 6) is -1.16. The highest BCUT2D eigenvalue weighted by Gasteiger charge is 2.20. The number of halogens is 2. The Balaban J connectivity index is 2.84. The minimum atomic E-state index is -1.34. The molecule has 0 aliphatic carbocycles. The zero-order chi connectivity index (χ0) is 15.3. The summed E-state index contributed by atoms with van der Waals surface area (Å²) in [6, 6.07) is -0.192. The van der Waals surface area contributed by atoms with Crippen LogP contribution in [0.4, 0.5) is 19.3 Å². The molecule has 106 valence electrons. The summed E-state index contributed by atoms with van der Waals surface area (Å²) in [4.78, 5) is 22.3. The van der Waals surface area contributed by atoms with Gasteiger partial charge in [-0.3, -0.25) is 0 Å². The maximum absolute atomic E-state index is 13.6. The van der Waals surface area contributed by atoms with Crippen molar-refractivity contribution in [2.45, 2.75) is 19.4 Å². The number of terminal acetylenes is 1. The number of carbonyl (C=O) groups excluding carboxylic acids is 1. The van der Waals surface area contributed by atoms with Crippen molar-refractivity contribution < 1.29 is 23.5 Å². The minimum absolute atomic E-state index is 0.139. The summed E-state index contributed by atoms with van der Waals surface area (Å²) in [5, 5.41) is 12.7. The molecule has 0 aliphatic heterocycles. The zero-order valence-corrected chi connectivity index (χ0v) is 10.5. The van der Waals surface area contributed by atoms with Gasteiger partial charge < -0.3 is 15.7 Å². The number of carbonyl (C=O) groups is 2. The second-order valence-corrected chi connectivity index (χ2v) is 3.95. The molecule has 0 bridgehead atoms. The molecule has 0 saturated heterocycles. The van der Waals surface area contributed by atoms with Gasteiger partial charge in [0.25, 0.3) is 0 Å². The molecule has 0 saturated carbocycles. The van der Waals surface area contributed by atoms with Crippen LogP contribution in [-0.4, -0.2) is 23.1 Å². The van der Waals surface area contributed by atoms with E-state index in [1.165, 1.54) is 13.0 Å². The number of aryl methyl sites for hydroxylation is 1. The van der Waals surface area contributed by atoms with Crippen molar-refractivity contribution >= 4 is 17.7 Å². The number of carboxylic acids is 1. The first-order valence-corrected chi connectivity index (χ1v) is 5.55. The molecule has 0 heterocycles. The highest BCUT2D eigenvalue weighted by Crippen LogP contribution is 2.21. The molecular formula is C13H12F2N2O3. The van der Waals surface area contributed by atoms with Crippen molar-refractivity contribution in [3.8, 4) is 12.3 Å². The summed E-state index contributed by atoms with van der Waals surface area (Å²) in [5.41, 5.74) is -0.507. The molecule has 5 nitrogen and oxygen atoms in total. The van der Waals surface area contributed by atoms with E-state index in [1.54, 1.807) is 0 Å². The number of rotatable bonds is 4. The van der Waals surface area contributed by atoms with Gasteiger partial charge in [0.1, 0.15) is 17.5 Å². The van der Waals surface area contributed by atoms with Crippen LogP contribution in [-0.2, 0) is 4.79 Å². The molecular weight excluding hydrogens is 270 g/mol. The van der Waals surface area contributed by atoms with E-state index in [0.29, 0.717) is 0 Å². The van der Waals surface area contributed by atoms with Gasteiger partial charge in [-0.25, -0.2) is 18.4 Å². The lowest BCUT2D eigenvalue weighted by molar-refractivity contribution is -0.139. The number of aliphatic carboxylic acids is 1. The Labute approximate surface area is 114 Å². The Morgan fingerprint density at radius 3 is 2.65 bits per heavy atom. The number of hydrogen-bond acceptors (Lipinski definition) is 2. The molecule has 20 heavy (non-hydrogen) atoms. The first-order valence-electron chi connectivity index (χ1n) is 5.55. The monoisotopic (exact) mass is 282 g/mol. The minimum Gasteiger partial charge on any atom is -0.480 e. The van der Waals surface area contributed by atoms with Crippen molar-refractivity contribution in [1.29, 1.82) is 0 Å². The summed E-state index contributed by atoms with van der Waals surface area (Å²) in [6.45, 7) is 1.40. The van der Waals surface area contributed by atoms with E-state index < -0.39 is 35.4 Å². The Morgan fingerprint density at radius 1 is 1.45 bits per heavy atom. The third-order valence-corrected chi connectivity index (χ3v) is 2.45. The fourth-order valence-corrected chi connectivity index (χ4v) is 1.40. The molecule has 0 aliphatic rings. The molecule has 1 aromatic rings. The number of nitrogens with one attached hydrogen (secondary N) is 2. The number of carboxylic acid groups (broad SMARTS) is 1. The summed E-state index contributed by atoms with van der Waals surface area (Å²) < 4.78 is 27.0. The maximum Gasteiger partial charge on any atom is 0.327 e. The van der Waals surface area contributed by atoms with E-state index in [4.69, 9.17) is 11.5 Å². The van der Waals surface area contributed by atoms with Crippen LogP contribution in [0.2, 0.25) is 0 Å². The predicted octanol–water partition coefficient (Wildman–Crippen LogP) is 1.87. The molecule has 2 amide bonds. The predicted molar refractivity (Wildman–Crippen MR) is 68.1 cm³/mol. The van der Waals surface area contributed by atoms with Crippen molar-refractivity contribution in [2.75, 3.05) is 5.32 Å². The second-order valence-electron chi connectivity index (χ2n) is 3.95. The summed E-state index contributed by atoms with van der Waals surface area (Å²) in [7, 11) is 0. The third-order valence-electron chi connectivity index (χ3n) is 2.45. The van der Waals surface area contributed by atoms with E-state index in [0.717, 1.165) is 6.07 Å². The first-order chi connectivity index (χ1) is 9.36. The van der Waals surface area contributed by atoms with Crippen LogP contribution in [0.3, 0.4) is 0 Å². The van der Waals surface area contributed by atoms with Crippen LogP contribution in [0, 0.1) is 30.9 Å². The molecule has 0 fully saturated rings. The molecule has 1 aromatic carbocycles. The van der Waals surface area contributed by atoms with Crippen LogP contribution in [0.5, 0.6) is 0 Å². The molecule has 0 radical (unpaired) electrons. The van der Waals surface area contributed by atoms with Crippen molar-refractivity contribution in [1.82, 2.24) is 5.32 Å². The molecule has 0 aromatic heterocycles. The molecule has 1 rings (SSSR count). The summed E-state index contributed by atoms with van der Waals surface area (Å²) in [6.07, 6.45) is 4.71. The van der Waals surface area contributed by atoms with Crippen LogP contribution >= 0.6 is 0 Å². The molecule has 0 spiro atoms. The van der Waals surface area contributed by atoms with E-state index >= 15 is 0 Å². The zero-order valence-electron chi connectivity index (χ0n) is 10.5. The second kappa shape index (κ2) is 6.52. The number of urea groups is 1. The highest BCUT2D eigenvalue weighted by atomic mass is 19.1. The quantitative estimate of drug-likeness (QED) is 0.738.